The second-order valence-electron chi connectivity index (χ2n) is 4.66. The highest BCUT2D eigenvalue weighted by atomic mass is 16.3. The normalized spacial score (nSPS) is 23.1. The Hall–Kier alpha value is -0.120. The van der Waals surface area contributed by atoms with Gasteiger partial charge in [-0.15, -0.1) is 0 Å². The lowest BCUT2D eigenvalue weighted by Crippen LogP contribution is -2.40. The minimum absolute atomic E-state index is 0.326. The Morgan fingerprint density at radius 3 is 2.50 bits per heavy atom. The lowest BCUT2D eigenvalue weighted by atomic mass is 10.1. The molecule has 1 aliphatic rings. The lowest BCUT2D eigenvalue weighted by molar-refractivity contribution is 0.117. The summed E-state index contributed by atoms with van der Waals surface area (Å²) < 4.78 is 0. The molecule has 0 bridgehead atoms. The predicted octanol–water partition coefficient (Wildman–Crippen LogP) is 1.81. The summed E-state index contributed by atoms with van der Waals surface area (Å²) in [5, 5.41) is 9.21. The van der Waals surface area contributed by atoms with E-state index in [1.807, 2.05) is 13.8 Å². The van der Waals surface area contributed by atoms with E-state index in [9.17, 15) is 5.11 Å². The summed E-state index contributed by atoms with van der Waals surface area (Å²) in [7, 11) is 4.22. The fourth-order valence-electron chi connectivity index (χ4n) is 2.25. The summed E-state index contributed by atoms with van der Waals surface area (Å²) in [5.74, 6) is 0. The molecule has 1 aliphatic heterocycles. The number of aliphatic hydroxyl groups excluding tert-OH is 1. The first kappa shape index (κ1) is 15.9. The van der Waals surface area contributed by atoms with Crippen LogP contribution in [0.4, 0.5) is 0 Å². The second-order valence-corrected chi connectivity index (χ2v) is 4.66. The summed E-state index contributed by atoms with van der Waals surface area (Å²) in [4.78, 5) is 4.68. The Balaban J connectivity index is 0.00000106. The maximum absolute atomic E-state index is 9.21. The quantitative estimate of drug-likeness (QED) is 0.780. The Bertz CT molecular complexity index is 162. The molecule has 0 aromatic carbocycles. The summed E-state index contributed by atoms with van der Waals surface area (Å²) >= 11 is 0. The van der Waals surface area contributed by atoms with Crippen LogP contribution in [0.3, 0.4) is 0 Å². The third kappa shape index (κ3) is 5.28. The van der Waals surface area contributed by atoms with Gasteiger partial charge in [-0.05, 0) is 53.4 Å². The summed E-state index contributed by atoms with van der Waals surface area (Å²) in [6, 6.07) is 1.03. The van der Waals surface area contributed by atoms with Gasteiger partial charge in [0.1, 0.15) is 0 Å². The highest BCUT2D eigenvalue weighted by molar-refractivity contribution is 4.82. The van der Waals surface area contributed by atoms with Crippen molar-refractivity contribution in [2.75, 3.05) is 33.8 Å². The van der Waals surface area contributed by atoms with Gasteiger partial charge in [-0.2, -0.15) is 0 Å². The van der Waals surface area contributed by atoms with Crippen molar-refractivity contribution in [1.82, 2.24) is 9.80 Å². The maximum atomic E-state index is 9.21. The molecule has 0 radical (unpaired) electrons. The molecule has 0 saturated carbocycles. The van der Waals surface area contributed by atoms with Gasteiger partial charge in [-0.3, -0.25) is 4.90 Å². The predicted molar refractivity (Wildman–Crippen MR) is 70.8 cm³/mol. The summed E-state index contributed by atoms with van der Waals surface area (Å²) in [6.07, 6.45) is 3.61. The van der Waals surface area contributed by atoms with Crippen molar-refractivity contribution >= 4 is 0 Å². The average molecular weight is 230 g/mol. The van der Waals surface area contributed by atoms with Crippen LogP contribution in [0.2, 0.25) is 0 Å². The van der Waals surface area contributed by atoms with Crippen LogP contribution in [-0.2, 0) is 0 Å². The molecule has 2 atom stereocenters. The molecule has 0 amide bonds. The SMILES string of the molecule is CC.CC(CCN(C)C)N1CCCC1CO. The van der Waals surface area contributed by atoms with Crippen LogP contribution in [0.5, 0.6) is 0 Å². The molecule has 98 valence electrons. The number of aliphatic hydroxyl groups is 1. The van der Waals surface area contributed by atoms with Gasteiger partial charge in [0, 0.05) is 12.1 Å². The summed E-state index contributed by atoms with van der Waals surface area (Å²) in [5.41, 5.74) is 0. The first-order chi connectivity index (χ1) is 7.65. The molecule has 1 heterocycles. The number of likely N-dealkylation sites (tertiary alicyclic amines) is 1. The van der Waals surface area contributed by atoms with Crippen LogP contribution in [-0.4, -0.2) is 60.8 Å². The minimum atomic E-state index is 0.326. The van der Waals surface area contributed by atoms with E-state index in [0.29, 0.717) is 18.7 Å². The van der Waals surface area contributed by atoms with Crippen LogP contribution >= 0.6 is 0 Å². The minimum Gasteiger partial charge on any atom is -0.395 e. The van der Waals surface area contributed by atoms with E-state index in [-0.39, 0.29) is 0 Å². The monoisotopic (exact) mass is 230 g/mol. The van der Waals surface area contributed by atoms with Gasteiger partial charge in [0.15, 0.2) is 0 Å². The zero-order valence-corrected chi connectivity index (χ0v) is 11.7. The third-order valence-electron chi connectivity index (χ3n) is 3.19. The number of rotatable bonds is 5. The Morgan fingerprint density at radius 1 is 1.38 bits per heavy atom. The fraction of sp³-hybridized carbons (Fsp3) is 1.00. The Labute approximate surface area is 101 Å². The second kappa shape index (κ2) is 8.97. The number of hydrogen-bond acceptors (Lipinski definition) is 3. The topological polar surface area (TPSA) is 26.7 Å². The van der Waals surface area contributed by atoms with Gasteiger partial charge < -0.3 is 10.0 Å². The molecule has 1 saturated heterocycles. The highest BCUT2D eigenvalue weighted by Crippen LogP contribution is 2.20. The highest BCUT2D eigenvalue weighted by Gasteiger charge is 2.27. The lowest BCUT2D eigenvalue weighted by Gasteiger charge is -2.30. The van der Waals surface area contributed by atoms with Crippen LogP contribution in [0.1, 0.15) is 40.0 Å². The van der Waals surface area contributed by atoms with E-state index in [1.54, 1.807) is 0 Å². The smallest absolute Gasteiger partial charge is 0.0586 e. The summed E-state index contributed by atoms with van der Waals surface area (Å²) in [6.45, 7) is 8.90. The van der Waals surface area contributed by atoms with Gasteiger partial charge in [-0.25, -0.2) is 0 Å². The van der Waals surface area contributed by atoms with Crippen molar-refractivity contribution in [3.8, 4) is 0 Å². The molecule has 0 aliphatic carbocycles. The first-order valence-corrected chi connectivity index (χ1v) is 6.66. The van der Waals surface area contributed by atoms with Crippen molar-refractivity contribution in [2.24, 2.45) is 0 Å². The average Bonchev–Trinajstić information content (AvgIpc) is 2.76. The van der Waals surface area contributed by atoms with Gasteiger partial charge in [-0.1, -0.05) is 13.8 Å². The molecule has 16 heavy (non-hydrogen) atoms. The molecule has 1 rings (SSSR count). The van der Waals surface area contributed by atoms with Gasteiger partial charge in [0.2, 0.25) is 0 Å². The zero-order valence-electron chi connectivity index (χ0n) is 11.7. The van der Waals surface area contributed by atoms with Crippen molar-refractivity contribution in [3.05, 3.63) is 0 Å². The van der Waals surface area contributed by atoms with Crippen LogP contribution in [0.25, 0.3) is 0 Å². The van der Waals surface area contributed by atoms with Crippen molar-refractivity contribution in [1.29, 1.82) is 0 Å². The number of hydrogen-bond donors (Lipinski definition) is 1. The molecular formula is C13H30N2O. The molecule has 1 N–H and O–H groups in total. The molecule has 0 aromatic heterocycles. The van der Waals surface area contributed by atoms with Crippen LogP contribution in [0.15, 0.2) is 0 Å². The van der Waals surface area contributed by atoms with Gasteiger partial charge in [0.05, 0.1) is 6.61 Å². The van der Waals surface area contributed by atoms with Gasteiger partial charge >= 0.3 is 0 Å². The zero-order chi connectivity index (χ0) is 12.6. The molecule has 3 nitrogen and oxygen atoms in total. The van der Waals surface area contributed by atoms with Crippen molar-refractivity contribution < 1.29 is 5.11 Å². The molecule has 3 heteroatoms. The molecule has 2 unspecified atom stereocenters. The van der Waals surface area contributed by atoms with E-state index in [4.69, 9.17) is 0 Å². The fourth-order valence-corrected chi connectivity index (χ4v) is 2.25. The molecular weight excluding hydrogens is 200 g/mol. The Morgan fingerprint density at radius 2 is 2.00 bits per heavy atom. The standard InChI is InChI=1S/C11H24N2O.C2H6/c1-10(6-8-12(2)3)13-7-4-5-11(13)9-14;1-2/h10-11,14H,4-9H2,1-3H3;1-2H3. The van der Waals surface area contributed by atoms with Crippen LogP contribution in [0, 0.1) is 0 Å². The van der Waals surface area contributed by atoms with Crippen molar-refractivity contribution in [3.63, 3.8) is 0 Å². The van der Waals surface area contributed by atoms with E-state index in [0.717, 1.165) is 6.54 Å². The molecule has 0 aromatic rings. The van der Waals surface area contributed by atoms with Crippen LogP contribution < -0.4 is 0 Å². The Kier molecular flexibility index (Phi) is 8.90. The largest absolute Gasteiger partial charge is 0.395 e. The molecule has 0 spiro atoms. The van der Waals surface area contributed by atoms with Gasteiger partial charge in [0.25, 0.3) is 0 Å². The van der Waals surface area contributed by atoms with E-state index in [1.165, 1.54) is 25.8 Å². The first-order valence-electron chi connectivity index (χ1n) is 6.66. The number of nitrogens with zero attached hydrogens (tertiary/aromatic N) is 2. The molecule has 1 fully saturated rings. The third-order valence-corrected chi connectivity index (χ3v) is 3.19. The van der Waals surface area contributed by atoms with E-state index < -0.39 is 0 Å². The maximum Gasteiger partial charge on any atom is 0.0586 e. The van der Waals surface area contributed by atoms with E-state index >= 15 is 0 Å². The van der Waals surface area contributed by atoms with Crippen molar-refractivity contribution in [2.45, 2.75) is 52.1 Å². The van der Waals surface area contributed by atoms with E-state index in [2.05, 4.69) is 30.8 Å².